The molecule has 0 aromatic rings. The number of aliphatic hydroxyl groups is 1. The first-order valence-corrected chi connectivity index (χ1v) is 13.2. The number of morpholine rings is 1. The van der Waals surface area contributed by atoms with Crippen LogP contribution in [0, 0.1) is 17.8 Å². The van der Waals surface area contributed by atoms with Crippen LogP contribution >= 0.6 is 0 Å². The minimum Gasteiger partial charge on any atom is -0.396 e. The van der Waals surface area contributed by atoms with Gasteiger partial charge in [0.25, 0.3) is 0 Å². The molecular formula is C25H42N4O6. The number of fused-ring (bicyclic) bond motifs is 1. The summed E-state index contributed by atoms with van der Waals surface area (Å²) in [5, 5.41) is 14.9. The second-order valence-corrected chi connectivity index (χ2v) is 10.7. The van der Waals surface area contributed by atoms with Crippen molar-refractivity contribution in [1.29, 1.82) is 0 Å². The molecule has 4 rings (SSSR count). The van der Waals surface area contributed by atoms with E-state index >= 15 is 0 Å². The predicted octanol–water partition coefficient (Wildman–Crippen LogP) is -0.256. The SMILES string of the molecule is CNC(=O)[C@@H]1[C@H]2C(=O)N(CCCCCCO)C(C(=O)NCCN3CCOCC3)C23CC(C)[C@@]1(C)O3. The van der Waals surface area contributed by atoms with E-state index in [-0.39, 0.29) is 30.2 Å². The Bertz CT molecular complexity index is 805. The maximum Gasteiger partial charge on any atom is 0.245 e. The molecule has 10 nitrogen and oxygen atoms in total. The van der Waals surface area contributed by atoms with E-state index in [1.165, 1.54) is 0 Å². The van der Waals surface area contributed by atoms with Gasteiger partial charge in [0.05, 0.1) is 30.7 Å². The largest absolute Gasteiger partial charge is 0.396 e. The van der Waals surface area contributed by atoms with E-state index < -0.39 is 29.1 Å². The summed E-state index contributed by atoms with van der Waals surface area (Å²) < 4.78 is 12.0. The summed E-state index contributed by atoms with van der Waals surface area (Å²) in [7, 11) is 1.59. The van der Waals surface area contributed by atoms with E-state index in [1.807, 2.05) is 6.92 Å². The number of unbranched alkanes of at least 4 members (excludes halogenated alkanes) is 3. The average Bonchev–Trinajstić information content (AvgIpc) is 3.36. The Labute approximate surface area is 208 Å². The molecule has 0 radical (unpaired) electrons. The Morgan fingerprint density at radius 2 is 1.83 bits per heavy atom. The Hall–Kier alpha value is -1.75. The van der Waals surface area contributed by atoms with Gasteiger partial charge in [-0.1, -0.05) is 19.8 Å². The van der Waals surface area contributed by atoms with Gasteiger partial charge in [-0.3, -0.25) is 19.3 Å². The van der Waals surface area contributed by atoms with Gasteiger partial charge in [0, 0.05) is 46.4 Å². The molecule has 35 heavy (non-hydrogen) atoms. The molecule has 0 aliphatic carbocycles. The molecule has 6 atom stereocenters. The molecule has 4 saturated heterocycles. The first kappa shape index (κ1) is 26.3. The van der Waals surface area contributed by atoms with E-state index in [9.17, 15) is 14.4 Å². The molecule has 198 valence electrons. The fraction of sp³-hybridized carbons (Fsp3) is 0.880. The van der Waals surface area contributed by atoms with Crippen LogP contribution in [0.2, 0.25) is 0 Å². The number of carbonyl (C=O) groups excluding carboxylic acids is 3. The molecule has 10 heteroatoms. The molecule has 2 bridgehead atoms. The molecule has 3 unspecified atom stereocenters. The van der Waals surface area contributed by atoms with Crippen LogP contribution in [0.5, 0.6) is 0 Å². The highest BCUT2D eigenvalue weighted by Crippen LogP contribution is 2.65. The molecule has 1 spiro atoms. The highest BCUT2D eigenvalue weighted by atomic mass is 16.5. The number of carbonyl (C=O) groups is 3. The van der Waals surface area contributed by atoms with Crippen molar-refractivity contribution in [1.82, 2.24) is 20.4 Å². The number of likely N-dealkylation sites (tertiary alicyclic amines) is 1. The van der Waals surface area contributed by atoms with Gasteiger partial charge in [-0.25, -0.2) is 0 Å². The molecule has 3 N–H and O–H groups in total. The van der Waals surface area contributed by atoms with Crippen molar-refractivity contribution in [2.45, 2.75) is 63.2 Å². The first-order chi connectivity index (χ1) is 16.8. The number of ether oxygens (including phenoxy) is 2. The summed E-state index contributed by atoms with van der Waals surface area (Å²) in [4.78, 5) is 44.5. The van der Waals surface area contributed by atoms with Crippen molar-refractivity contribution >= 4 is 17.7 Å². The third kappa shape index (κ3) is 4.58. The highest BCUT2D eigenvalue weighted by molar-refractivity contribution is 5.99. The van der Waals surface area contributed by atoms with Crippen LogP contribution in [0.1, 0.15) is 46.0 Å². The van der Waals surface area contributed by atoms with Crippen molar-refractivity contribution in [2.75, 3.05) is 59.6 Å². The van der Waals surface area contributed by atoms with Crippen molar-refractivity contribution in [3.05, 3.63) is 0 Å². The molecule has 4 heterocycles. The van der Waals surface area contributed by atoms with Gasteiger partial charge in [-0.15, -0.1) is 0 Å². The van der Waals surface area contributed by atoms with Crippen molar-refractivity contribution < 1.29 is 29.0 Å². The zero-order chi connectivity index (χ0) is 25.2. The predicted molar refractivity (Wildman–Crippen MR) is 128 cm³/mol. The third-order valence-corrected chi connectivity index (χ3v) is 8.73. The topological polar surface area (TPSA) is 120 Å². The maximum absolute atomic E-state index is 13.8. The second kappa shape index (κ2) is 10.7. The number of hydrogen-bond acceptors (Lipinski definition) is 7. The fourth-order valence-corrected chi connectivity index (χ4v) is 6.84. The maximum atomic E-state index is 13.8. The van der Waals surface area contributed by atoms with Gasteiger partial charge >= 0.3 is 0 Å². The van der Waals surface area contributed by atoms with Gasteiger partial charge < -0.3 is 30.1 Å². The quantitative estimate of drug-likeness (QED) is 0.339. The minimum atomic E-state index is -0.990. The summed E-state index contributed by atoms with van der Waals surface area (Å²) in [5.74, 6) is -1.77. The van der Waals surface area contributed by atoms with Gasteiger partial charge in [0.1, 0.15) is 11.6 Å². The number of nitrogens with one attached hydrogen (secondary N) is 2. The normalized spacial score (nSPS) is 36.5. The molecule has 4 fully saturated rings. The lowest BCUT2D eigenvalue weighted by Gasteiger charge is -2.36. The van der Waals surface area contributed by atoms with Crippen LogP contribution in [0.3, 0.4) is 0 Å². The number of rotatable bonds is 11. The van der Waals surface area contributed by atoms with E-state index in [0.717, 1.165) is 45.3 Å². The van der Waals surface area contributed by atoms with Crippen LogP contribution in [-0.2, 0) is 23.9 Å². The third-order valence-electron chi connectivity index (χ3n) is 8.73. The first-order valence-electron chi connectivity index (χ1n) is 13.2. The Morgan fingerprint density at radius 1 is 1.11 bits per heavy atom. The van der Waals surface area contributed by atoms with E-state index in [1.54, 1.807) is 11.9 Å². The summed E-state index contributed by atoms with van der Waals surface area (Å²) in [6.45, 7) is 8.87. The monoisotopic (exact) mass is 494 g/mol. The molecule has 0 aromatic heterocycles. The number of hydrogen-bond donors (Lipinski definition) is 3. The minimum absolute atomic E-state index is 0.0435. The van der Waals surface area contributed by atoms with Crippen LogP contribution in [-0.4, -0.2) is 109 Å². The van der Waals surface area contributed by atoms with Crippen LogP contribution < -0.4 is 10.6 Å². The molecule has 0 saturated carbocycles. The van der Waals surface area contributed by atoms with Gasteiger partial charge in [0.15, 0.2) is 0 Å². The second-order valence-electron chi connectivity index (χ2n) is 10.7. The van der Waals surface area contributed by atoms with Crippen LogP contribution in [0.25, 0.3) is 0 Å². The Balaban J connectivity index is 1.54. The highest BCUT2D eigenvalue weighted by Gasteiger charge is 2.79. The lowest BCUT2D eigenvalue weighted by atomic mass is 9.62. The van der Waals surface area contributed by atoms with Gasteiger partial charge in [0.2, 0.25) is 17.7 Å². The zero-order valence-electron chi connectivity index (χ0n) is 21.4. The zero-order valence-corrected chi connectivity index (χ0v) is 21.4. The number of amides is 3. The molecule has 4 aliphatic rings. The van der Waals surface area contributed by atoms with E-state index in [2.05, 4.69) is 22.5 Å². The Kier molecular flexibility index (Phi) is 8.05. The standard InChI is InChI=1S/C25H42N4O6/c1-17-16-25-19(18(21(31)26-3)24(17,2)35-25)23(33)29(9-6-4-5-7-13-30)20(25)22(32)27-8-10-28-11-14-34-15-12-28/h17-20,30H,4-16H2,1-3H3,(H,26,31)(H,27,32)/t17?,18-,19-,20?,24+,25?/m0/s1. The van der Waals surface area contributed by atoms with Gasteiger partial charge in [-0.2, -0.15) is 0 Å². The fourth-order valence-electron chi connectivity index (χ4n) is 6.84. The van der Waals surface area contributed by atoms with Crippen LogP contribution in [0.15, 0.2) is 0 Å². The Morgan fingerprint density at radius 3 is 2.51 bits per heavy atom. The summed E-state index contributed by atoms with van der Waals surface area (Å²) in [6.07, 6.45) is 3.78. The lowest BCUT2D eigenvalue weighted by molar-refractivity contribution is -0.147. The molecular weight excluding hydrogens is 452 g/mol. The van der Waals surface area contributed by atoms with E-state index in [0.29, 0.717) is 32.7 Å². The van der Waals surface area contributed by atoms with Crippen molar-refractivity contribution in [2.24, 2.45) is 17.8 Å². The summed E-state index contributed by atoms with van der Waals surface area (Å²) in [6, 6.07) is -0.749. The van der Waals surface area contributed by atoms with Crippen molar-refractivity contribution in [3.63, 3.8) is 0 Å². The molecule has 0 aromatic carbocycles. The average molecular weight is 495 g/mol. The summed E-state index contributed by atoms with van der Waals surface area (Å²) in [5.41, 5.74) is -1.77. The number of nitrogens with zero attached hydrogens (tertiary/aromatic N) is 2. The lowest BCUT2D eigenvalue weighted by Crippen LogP contribution is -2.56. The van der Waals surface area contributed by atoms with Crippen molar-refractivity contribution in [3.8, 4) is 0 Å². The number of aliphatic hydroxyl groups excluding tert-OH is 1. The summed E-state index contributed by atoms with van der Waals surface area (Å²) >= 11 is 0. The molecule has 4 aliphatic heterocycles. The van der Waals surface area contributed by atoms with Crippen LogP contribution in [0.4, 0.5) is 0 Å². The van der Waals surface area contributed by atoms with Gasteiger partial charge in [-0.05, 0) is 32.1 Å². The molecule has 3 amide bonds. The smallest absolute Gasteiger partial charge is 0.245 e. The van der Waals surface area contributed by atoms with E-state index in [4.69, 9.17) is 14.6 Å².